The lowest BCUT2D eigenvalue weighted by atomic mass is 9.83. The minimum absolute atomic E-state index is 0.0761. The molecule has 1 aromatic carbocycles. The van der Waals surface area contributed by atoms with Crippen molar-refractivity contribution >= 4 is 11.4 Å². The van der Waals surface area contributed by atoms with Crippen LogP contribution in [0.4, 0.5) is 11.4 Å². The quantitative estimate of drug-likeness (QED) is 0.587. The van der Waals surface area contributed by atoms with Crippen molar-refractivity contribution in [3.8, 4) is 0 Å². The summed E-state index contributed by atoms with van der Waals surface area (Å²) in [6.45, 7) is 6.47. The van der Waals surface area contributed by atoms with E-state index in [1.807, 2.05) is 26.8 Å². The maximum Gasteiger partial charge on any atom is 0.292 e. The molecule has 1 aromatic rings. The molecule has 0 heterocycles. The molecule has 19 heavy (non-hydrogen) atoms. The standard InChI is InChI=1S/C14H22N2O3/c1-4-14(5-2,10-17)9-15-12-7-6-11(3)8-13(12)16(18)19/h6-8,15,17H,4-5,9-10H2,1-3H3. The zero-order valence-corrected chi connectivity index (χ0v) is 11.8. The minimum atomic E-state index is -0.381. The van der Waals surface area contributed by atoms with Gasteiger partial charge in [-0.25, -0.2) is 0 Å². The number of nitrogens with one attached hydrogen (secondary N) is 1. The molecule has 106 valence electrons. The van der Waals surface area contributed by atoms with Gasteiger partial charge in [-0.15, -0.1) is 0 Å². The number of nitrogens with zero attached hydrogens (tertiary/aromatic N) is 1. The Balaban J connectivity index is 2.91. The van der Waals surface area contributed by atoms with Gasteiger partial charge in [0.05, 0.1) is 11.5 Å². The second kappa shape index (κ2) is 6.52. The monoisotopic (exact) mass is 266 g/mol. The molecule has 0 saturated heterocycles. The van der Waals surface area contributed by atoms with Crippen molar-refractivity contribution in [3.63, 3.8) is 0 Å². The molecule has 0 aliphatic carbocycles. The highest BCUT2D eigenvalue weighted by Crippen LogP contribution is 2.30. The Morgan fingerprint density at radius 3 is 2.47 bits per heavy atom. The van der Waals surface area contributed by atoms with E-state index >= 15 is 0 Å². The van der Waals surface area contributed by atoms with Gasteiger partial charge in [-0.05, 0) is 31.4 Å². The van der Waals surface area contributed by atoms with Crippen LogP contribution in [0.1, 0.15) is 32.3 Å². The first-order chi connectivity index (χ1) is 8.98. The molecule has 1 rings (SSSR count). The molecule has 0 amide bonds. The zero-order valence-electron chi connectivity index (χ0n) is 11.8. The third-order valence-corrected chi connectivity index (χ3v) is 3.84. The number of anilines is 1. The van der Waals surface area contributed by atoms with Crippen molar-refractivity contribution in [1.29, 1.82) is 0 Å². The first-order valence-electron chi connectivity index (χ1n) is 6.57. The van der Waals surface area contributed by atoms with Crippen LogP contribution in [0.2, 0.25) is 0 Å². The van der Waals surface area contributed by atoms with Crippen LogP contribution in [0.5, 0.6) is 0 Å². The Bertz CT molecular complexity index is 434. The molecule has 0 aliphatic heterocycles. The SMILES string of the molecule is CCC(CC)(CO)CNc1ccc(C)cc1[N+](=O)[O-]. The van der Waals surface area contributed by atoms with Gasteiger partial charge in [-0.3, -0.25) is 10.1 Å². The molecule has 0 aliphatic rings. The fraction of sp³-hybridized carbons (Fsp3) is 0.571. The molecule has 0 saturated carbocycles. The van der Waals surface area contributed by atoms with E-state index in [9.17, 15) is 15.2 Å². The van der Waals surface area contributed by atoms with Crippen molar-refractivity contribution < 1.29 is 10.0 Å². The van der Waals surface area contributed by atoms with Crippen LogP contribution in [0.25, 0.3) is 0 Å². The van der Waals surface area contributed by atoms with Crippen LogP contribution in [-0.2, 0) is 0 Å². The number of nitro benzene ring substituents is 1. The number of aryl methyl sites for hydroxylation is 1. The molecule has 0 bridgehead atoms. The lowest BCUT2D eigenvalue weighted by Crippen LogP contribution is -2.32. The lowest BCUT2D eigenvalue weighted by Gasteiger charge is -2.29. The smallest absolute Gasteiger partial charge is 0.292 e. The number of hydrogen-bond acceptors (Lipinski definition) is 4. The Morgan fingerprint density at radius 1 is 1.37 bits per heavy atom. The van der Waals surface area contributed by atoms with Gasteiger partial charge in [-0.2, -0.15) is 0 Å². The van der Waals surface area contributed by atoms with Crippen molar-refractivity contribution in [1.82, 2.24) is 0 Å². The van der Waals surface area contributed by atoms with Crippen molar-refractivity contribution in [3.05, 3.63) is 33.9 Å². The van der Waals surface area contributed by atoms with Gasteiger partial charge < -0.3 is 10.4 Å². The van der Waals surface area contributed by atoms with Gasteiger partial charge in [0.2, 0.25) is 0 Å². The summed E-state index contributed by atoms with van der Waals surface area (Å²) in [5, 5.41) is 23.6. The van der Waals surface area contributed by atoms with E-state index in [0.29, 0.717) is 12.2 Å². The van der Waals surface area contributed by atoms with E-state index in [1.165, 1.54) is 0 Å². The number of nitro groups is 1. The Labute approximate surface area is 113 Å². The average Bonchev–Trinajstić information content (AvgIpc) is 2.42. The molecule has 0 fully saturated rings. The van der Waals surface area contributed by atoms with Crippen LogP contribution < -0.4 is 5.32 Å². The van der Waals surface area contributed by atoms with Crippen LogP contribution in [-0.4, -0.2) is 23.2 Å². The molecule has 2 N–H and O–H groups in total. The van der Waals surface area contributed by atoms with Crippen LogP contribution in [0.15, 0.2) is 18.2 Å². The van der Waals surface area contributed by atoms with Gasteiger partial charge in [0.1, 0.15) is 5.69 Å². The number of hydrogen-bond donors (Lipinski definition) is 2. The van der Waals surface area contributed by atoms with E-state index in [1.54, 1.807) is 12.1 Å². The first-order valence-corrected chi connectivity index (χ1v) is 6.57. The molecule has 0 aromatic heterocycles. The average molecular weight is 266 g/mol. The van der Waals surface area contributed by atoms with Gasteiger partial charge in [-0.1, -0.05) is 19.9 Å². The normalized spacial score (nSPS) is 11.4. The van der Waals surface area contributed by atoms with Gasteiger partial charge >= 0.3 is 0 Å². The molecular weight excluding hydrogens is 244 g/mol. The molecule has 0 atom stereocenters. The highest BCUT2D eigenvalue weighted by molar-refractivity contribution is 5.62. The highest BCUT2D eigenvalue weighted by atomic mass is 16.6. The Kier molecular flexibility index (Phi) is 5.30. The Morgan fingerprint density at radius 2 is 2.00 bits per heavy atom. The molecule has 5 heteroatoms. The number of aliphatic hydroxyl groups is 1. The summed E-state index contributed by atoms with van der Waals surface area (Å²) in [5.74, 6) is 0. The first kappa shape index (κ1) is 15.4. The summed E-state index contributed by atoms with van der Waals surface area (Å²) in [5.41, 5.74) is 1.23. The summed E-state index contributed by atoms with van der Waals surface area (Å²) < 4.78 is 0. The number of benzene rings is 1. The van der Waals surface area contributed by atoms with E-state index in [4.69, 9.17) is 0 Å². The predicted molar refractivity (Wildman–Crippen MR) is 76.4 cm³/mol. The maximum absolute atomic E-state index is 11.0. The maximum atomic E-state index is 11.0. The molecule has 0 radical (unpaired) electrons. The third kappa shape index (κ3) is 3.67. The largest absolute Gasteiger partial charge is 0.396 e. The lowest BCUT2D eigenvalue weighted by molar-refractivity contribution is -0.384. The van der Waals surface area contributed by atoms with Crippen molar-refractivity contribution in [2.45, 2.75) is 33.6 Å². The van der Waals surface area contributed by atoms with Crippen LogP contribution >= 0.6 is 0 Å². The van der Waals surface area contributed by atoms with Gasteiger partial charge in [0.25, 0.3) is 5.69 Å². The van der Waals surface area contributed by atoms with Crippen LogP contribution in [0.3, 0.4) is 0 Å². The minimum Gasteiger partial charge on any atom is -0.396 e. The number of rotatable bonds is 7. The summed E-state index contributed by atoms with van der Waals surface area (Å²) in [7, 11) is 0. The van der Waals surface area contributed by atoms with Crippen molar-refractivity contribution in [2.24, 2.45) is 5.41 Å². The fourth-order valence-electron chi connectivity index (χ4n) is 2.00. The summed E-state index contributed by atoms with van der Waals surface area (Å²) in [6, 6.07) is 5.12. The second-order valence-electron chi connectivity index (χ2n) is 5.00. The summed E-state index contributed by atoms with van der Waals surface area (Å²) >= 11 is 0. The molecule has 5 nitrogen and oxygen atoms in total. The van der Waals surface area contributed by atoms with Crippen molar-refractivity contribution in [2.75, 3.05) is 18.5 Å². The van der Waals surface area contributed by atoms with E-state index in [-0.39, 0.29) is 22.6 Å². The third-order valence-electron chi connectivity index (χ3n) is 3.84. The molecule has 0 spiro atoms. The second-order valence-corrected chi connectivity index (χ2v) is 5.00. The van der Waals surface area contributed by atoms with E-state index in [0.717, 1.165) is 18.4 Å². The summed E-state index contributed by atoms with van der Waals surface area (Å²) in [4.78, 5) is 10.6. The fourth-order valence-corrected chi connectivity index (χ4v) is 2.00. The highest BCUT2D eigenvalue weighted by Gasteiger charge is 2.26. The van der Waals surface area contributed by atoms with E-state index < -0.39 is 0 Å². The topological polar surface area (TPSA) is 75.4 Å². The van der Waals surface area contributed by atoms with Crippen LogP contribution in [0, 0.1) is 22.5 Å². The number of aliphatic hydroxyl groups excluding tert-OH is 1. The predicted octanol–water partition coefficient (Wildman–Crippen LogP) is 3.11. The van der Waals surface area contributed by atoms with Gasteiger partial charge in [0.15, 0.2) is 0 Å². The molecular formula is C14H22N2O3. The van der Waals surface area contributed by atoms with Gasteiger partial charge in [0, 0.05) is 18.0 Å². The molecule has 0 unspecified atom stereocenters. The zero-order chi connectivity index (χ0) is 14.5. The summed E-state index contributed by atoms with van der Waals surface area (Å²) in [6.07, 6.45) is 1.65. The van der Waals surface area contributed by atoms with E-state index in [2.05, 4.69) is 5.32 Å². The Hall–Kier alpha value is -1.62.